The average Bonchev–Trinajstić information content (AvgIpc) is 2.59. The number of aromatic nitrogens is 1. The molecule has 0 spiro atoms. The van der Waals surface area contributed by atoms with Crippen molar-refractivity contribution in [3.05, 3.63) is 23.0 Å². The van der Waals surface area contributed by atoms with Crippen molar-refractivity contribution < 1.29 is 4.79 Å². The van der Waals surface area contributed by atoms with Crippen LogP contribution in [0.5, 0.6) is 0 Å². The average molecular weight is 252 g/mol. The summed E-state index contributed by atoms with van der Waals surface area (Å²) in [5.74, 6) is -0.130. The highest BCUT2D eigenvalue weighted by Gasteiger charge is 2.05. The van der Waals surface area contributed by atoms with Gasteiger partial charge in [0.25, 0.3) is 5.91 Å². The van der Waals surface area contributed by atoms with E-state index >= 15 is 0 Å². The number of likely N-dealkylation sites (N-methyl/N-ethyl adjacent to an activating group) is 1. The van der Waals surface area contributed by atoms with Crippen LogP contribution in [-0.2, 0) is 0 Å². The SMILES string of the molecule is CCNCCNC(=O)c1cc(Cl)c[nH]1.Cl. The Kier molecular flexibility index (Phi) is 7.21. The molecule has 1 amide bonds. The van der Waals surface area contributed by atoms with E-state index in [1.165, 1.54) is 0 Å². The van der Waals surface area contributed by atoms with E-state index in [0.29, 0.717) is 17.3 Å². The number of hydrogen-bond donors (Lipinski definition) is 3. The zero-order valence-electron chi connectivity index (χ0n) is 8.47. The lowest BCUT2D eigenvalue weighted by Gasteiger charge is -2.03. The van der Waals surface area contributed by atoms with Gasteiger partial charge in [0, 0.05) is 19.3 Å². The first-order valence-corrected chi connectivity index (χ1v) is 4.94. The monoisotopic (exact) mass is 251 g/mol. The lowest BCUT2D eigenvalue weighted by Crippen LogP contribution is -2.31. The summed E-state index contributed by atoms with van der Waals surface area (Å²) in [7, 11) is 0. The number of hydrogen-bond acceptors (Lipinski definition) is 2. The largest absolute Gasteiger partial charge is 0.356 e. The van der Waals surface area contributed by atoms with Crippen LogP contribution in [0.15, 0.2) is 12.3 Å². The molecule has 3 N–H and O–H groups in total. The standard InChI is InChI=1S/C9H14ClN3O.ClH/c1-2-11-3-4-12-9(14)8-5-7(10)6-13-8;/h5-6,11,13H,2-4H2,1H3,(H,12,14);1H. The summed E-state index contributed by atoms with van der Waals surface area (Å²) in [4.78, 5) is 14.2. The van der Waals surface area contributed by atoms with Crippen molar-refractivity contribution in [3.63, 3.8) is 0 Å². The molecule has 6 heteroatoms. The Balaban J connectivity index is 0.00000196. The van der Waals surface area contributed by atoms with Gasteiger partial charge in [-0.1, -0.05) is 18.5 Å². The van der Waals surface area contributed by atoms with E-state index in [0.717, 1.165) is 13.1 Å². The first-order valence-electron chi connectivity index (χ1n) is 4.57. The Bertz CT molecular complexity index is 301. The summed E-state index contributed by atoms with van der Waals surface area (Å²) in [6, 6.07) is 1.60. The molecule has 0 aliphatic carbocycles. The van der Waals surface area contributed by atoms with Crippen LogP contribution < -0.4 is 10.6 Å². The van der Waals surface area contributed by atoms with Crippen molar-refractivity contribution in [2.75, 3.05) is 19.6 Å². The first-order chi connectivity index (χ1) is 6.74. The topological polar surface area (TPSA) is 56.9 Å². The Morgan fingerprint density at radius 1 is 1.53 bits per heavy atom. The molecule has 1 aromatic heterocycles. The maximum absolute atomic E-state index is 11.4. The van der Waals surface area contributed by atoms with E-state index < -0.39 is 0 Å². The van der Waals surface area contributed by atoms with Crippen LogP contribution >= 0.6 is 24.0 Å². The number of rotatable bonds is 5. The van der Waals surface area contributed by atoms with Gasteiger partial charge in [0.05, 0.1) is 5.02 Å². The van der Waals surface area contributed by atoms with Crippen molar-refractivity contribution in [1.82, 2.24) is 15.6 Å². The normalized spacial score (nSPS) is 9.47. The van der Waals surface area contributed by atoms with Gasteiger partial charge in [-0.2, -0.15) is 0 Å². The minimum Gasteiger partial charge on any atom is -0.356 e. The maximum Gasteiger partial charge on any atom is 0.267 e. The highest BCUT2D eigenvalue weighted by Crippen LogP contribution is 2.08. The van der Waals surface area contributed by atoms with Gasteiger partial charge >= 0.3 is 0 Å². The fourth-order valence-corrected chi connectivity index (χ4v) is 1.20. The molecule has 4 nitrogen and oxygen atoms in total. The summed E-state index contributed by atoms with van der Waals surface area (Å²) < 4.78 is 0. The van der Waals surface area contributed by atoms with E-state index in [1.54, 1.807) is 12.3 Å². The minimum absolute atomic E-state index is 0. The highest BCUT2D eigenvalue weighted by atomic mass is 35.5. The zero-order chi connectivity index (χ0) is 10.4. The molecule has 0 fully saturated rings. The zero-order valence-corrected chi connectivity index (χ0v) is 10.0. The number of halogens is 2. The molecule has 0 radical (unpaired) electrons. The molecule has 15 heavy (non-hydrogen) atoms. The predicted octanol–water partition coefficient (Wildman–Crippen LogP) is 1.43. The summed E-state index contributed by atoms with van der Waals surface area (Å²) in [6.45, 7) is 4.32. The molecule has 0 aliphatic rings. The second-order valence-corrected chi connectivity index (χ2v) is 3.28. The van der Waals surface area contributed by atoms with Crippen molar-refractivity contribution in [3.8, 4) is 0 Å². The van der Waals surface area contributed by atoms with Crippen molar-refractivity contribution in [2.24, 2.45) is 0 Å². The summed E-state index contributed by atoms with van der Waals surface area (Å²) in [5, 5.41) is 6.41. The molecule has 0 aliphatic heterocycles. The van der Waals surface area contributed by atoms with Gasteiger partial charge in [-0.25, -0.2) is 0 Å². The third kappa shape index (κ3) is 5.06. The molecule has 1 rings (SSSR count). The summed E-state index contributed by atoms with van der Waals surface area (Å²) in [6.07, 6.45) is 1.58. The Labute approximate surface area is 100 Å². The minimum atomic E-state index is -0.130. The van der Waals surface area contributed by atoms with Gasteiger partial charge < -0.3 is 15.6 Å². The third-order valence-electron chi connectivity index (χ3n) is 1.73. The van der Waals surface area contributed by atoms with Crippen LogP contribution in [-0.4, -0.2) is 30.5 Å². The van der Waals surface area contributed by atoms with Crippen LogP contribution in [0.2, 0.25) is 5.02 Å². The van der Waals surface area contributed by atoms with Gasteiger partial charge in [-0.05, 0) is 12.6 Å². The van der Waals surface area contributed by atoms with E-state index in [9.17, 15) is 4.79 Å². The van der Waals surface area contributed by atoms with Crippen LogP contribution in [0.1, 0.15) is 17.4 Å². The molecule has 0 atom stereocenters. The molecular formula is C9H15Cl2N3O. The lowest BCUT2D eigenvalue weighted by molar-refractivity contribution is 0.0949. The molecule has 86 valence electrons. The van der Waals surface area contributed by atoms with Crippen molar-refractivity contribution in [1.29, 1.82) is 0 Å². The predicted molar refractivity (Wildman–Crippen MR) is 63.9 cm³/mol. The highest BCUT2D eigenvalue weighted by molar-refractivity contribution is 6.30. The fourth-order valence-electron chi connectivity index (χ4n) is 1.04. The maximum atomic E-state index is 11.4. The quantitative estimate of drug-likeness (QED) is 0.694. The molecule has 0 bridgehead atoms. The second kappa shape index (κ2) is 7.56. The van der Waals surface area contributed by atoms with Crippen molar-refractivity contribution >= 4 is 29.9 Å². The molecule has 0 unspecified atom stereocenters. The van der Waals surface area contributed by atoms with Crippen LogP contribution in [0.25, 0.3) is 0 Å². The fraction of sp³-hybridized carbons (Fsp3) is 0.444. The molecule has 0 saturated heterocycles. The number of carbonyl (C=O) groups is 1. The van der Waals surface area contributed by atoms with Crippen LogP contribution in [0.3, 0.4) is 0 Å². The van der Waals surface area contributed by atoms with Crippen LogP contribution in [0, 0.1) is 0 Å². The van der Waals surface area contributed by atoms with Crippen molar-refractivity contribution in [2.45, 2.75) is 6.92 Å². The smallest absolute Gasteiger partial charge is 0.267 e. The van der Waals surface area contributed by atoms with Gasteiger partial charge in [-0.15, -0.1) is 12.4 Å². The van der Waals surface area contributed by atoms with Gasteiger partial charge in [0.15, 0.2) is 0 Å². The summed E-state index contributed by atoms with van der Waals surface area (Å²) in [5.41, 5.74) is 0.492. The third-order valence-corrected chi connectivity index (χ3v) is 1.95. The second-order valence-electron chi connectivity index (χ2n) is 2.84. The molecule has 1 heterocycles. The molecular weight excluding hydrogens is 237 g/mol. The van der Waals surface area contributed by atoms with Gasteiger partial charge in [0.1, 0.15) is 5.69 Å². The summed E-state index contributed by atoms with van der Waals surface area (Å²) >= 11 is 5.66. The Hall–Kier alpha value is -0.710. The van der Waals surface area contributed by atoms with E-state index in [-0.39, 0.29) is 18.3 Å². The van der Waals surface area contributed by atoms with Gasteiger partial charge in [0.2, 0.25) is 0 Å². The number of nitrogens with one attached hydrogen (secondary N) is 3. The van der Waals surface area contributed by atoms with E-state index in [4.69, 9.17) is 11.6 Å². The van der Waals surface area contributed by atoms with Gasteiger partial charge in [-0.3, -0.25) is 4.79 Å². The van der Waals surface area contributed by atoms with E-state index in [1.807, 2.05) is 6.92 Å². The lowest BCUT2D eigenvalue weighted by atomic mass is 10.4. The molecule has 0 aromatic carbocycles. The Morgan fingerprint density at radius 2 is 2.27 bits per heavy atom. The molecule has 1 aromatic rings. The Morgan fingerprint density at radius 3 is 2.80 bits per heavy atom. The van der Waals surface area contributed by atoms with Crippen LogP contribution in [0.4, 0.5) is 0 Å². The number of carbonyl (C=O) groups excluding carboxylic acids is 1. The van der Waals surface area contributed by atoms with E-state index in [2.05, 4.69) is 15.6 Å². The number of aromatic amines is 1. The first kappa shape index (κ1) is 14.3. The number of H-pyrrole nitrogens is 1. The number of amides is 1. The molecule has 0 saturated carbocycles.